The zero-order chi connectivity index (χ0) is 29.9. The van der Waals surface area contributed by atoms with E-state index in [9.17, 15) is 26.0 Å². The molecule has 2 aromatic carbocycles. The highest BCUT2D eigenvalue weighted by Gasteiger charge is 2.38. The van der Waals surface area contributed by atoms with Crippen LogP contribution in [0.4, 0.5) is 23.4 Å². The number of aromatic nitrogens is 2. The van der Waals surface area contributed by atoms with E-state index in [-0.39, 0.29) is 46.2 Å². The molecule has 1 fully saturated rings. The van der Waals surface area contributed by atoms with Gasteiger partial charge in [0.05, 0.1) is 16.2 Å². The van der Waals surface area contributed by atoms with E-state index in [0.29, 0.717) is 18.2 Å². The number of anilines is 1. The van der Waals surface area contributed by atoms with Gasteiger partial charge in [0, 0.05) is 44.1 Å². The minimum atomic E-state index is -4.90. The second kappa shape index (κ2) is 11.9. The number of sulfonamides is 1. The summed E-state index contributed by atoms with van der Waals surface area (Å²) in [6.07, 6.45) is 0.196. The van der Waals surface area contributed by atoms with E-state index in [2.05, 4.69) is 16.5 Å². The van der Waals surface area contributed by atoms with Crippen LogP contribution in [-0.2, 0) is 16.2 Å². The van der Waals surface area contributed by atoms with Gasteiger partial charge in [0.15, 0.2) is 5.11 Å². The summed E-state index contributed by atoms with van der Waals surface area (Å²) in [6, 6.07) is 10.3. The van der Waals surface area contributed by atoms with Gasteiger partial charge >= 0.3 is 6.18 Å². The summed E-state index contributed by atoms with van der Waals surface area (Å²) < 4.78 is 80.2. The average Bonchev–Trinajstić information content (AvgIpc) is 2.94. The van der Waals surface area contributed by atoms with Crippen molar-refractivity contribution in [2.24, 2.45) is 5.14 Å². The summed E-state index contributed by atoms with van der Waals surface area (Å²) in [4.78, 5) is 12.8. The Labute approximate surface area is 240 Å². The smallest absolute Gasteiger partial charge is 0.352 e. The van der Waals surface area contributed by atoms with E-state index < -0.39 is 27.8 Å². The number of rotatable bonds is 6. The maximum atomic E-state index is 14.1. The number of nitrogens with two attached hydrogens (primary N) is 1. The maximum Gasteiger partial charge on any atom is 0.451 e. The lowest BCUT2D eigenvalue weighted by atomic mass is 9.98. The standard InChI is InChI=1S/C27H26F4N6O2S2/c1-3-12-35(4-2)26(40)37-15-13-36(14-16-37)24-22(19-6-5-7-21(17-19)41(32,38)39)23(18-8-10-20(28)11-9-18)33-25(34-24)27(29,30)31/h3-12,17H,2,13-16H2,1H3,(H2,32,38,39)/b12-3-. The number of piperazine rings is 1. The normalized spacial score (nSPS) is 14.4. The summed E-state index contributed by atoms with van der Waals surface area (Å²) in [7, 11) is -4.14. The zero-order valence-corrected chi connectivity index (χ0v) is 23.5. The first-order chi connectivity index (χ1) is 19.3. The number of hydrogen-bond donors (Lipinski definition) is 1. The van der Waals surface area contributed by atoms with Gasteiger partial charge in [0.25, 0.3) is 0 Å². The molecule has 41 heavy (non-hydrogen) atoms. The molecule has 1 aliphatic rings. The van der Waals surface area contributed by atoms with Crippen molar-refractivity contribution in [2.75, 3.05) is 31.1 Å². The number of primary sulfonamides is 1. The molecule has 1 saturated heterocycles. The maximum absolute atomic E-state index is 14.1. The van der Waals surface area contributed by atoms with Gasteiger partial charge < -0.3 is 14.7 Å². The molecule has 0 aliphatic carbocycles. The fraction of sp³-hybridized carbons (Fsp3) is 0.222. The number of nitrogens with zero attached hydrogens (tertiary/aromatic N) is 5. The third-order valence-electron chi connectivity index (χ3n) is 6.29. The van der Waals surface area contributed by atoms with E-state index >= 15 is 0 Å². The molecule has 216 valence electrons. The lowest BCUT2D eigenvalue weighted by Gasteiger charge is -2.39. The number of benzene rings is 2. The molecule has 0 radical (unpaired) electrons. The molecule has 8 nitrogen and oxygen atoms in total. The Kier molecular flexibility index (Phi) is 8.75. The Hall–Kier alpha value is -3.88. The summed E-state index contributed by atoms with van der Waals surface area (Å²) in [6.45, 7) is 6.77. The van der Waals surface area contributed by atoms with Crippen molar-refractivity contribution in [2.45, 2.75) is 18.0 Å². The van der Waals surface area contributed by atoms with Crippen molar-refractivity contribution in [3.05, 3.63) is 85.2 Å². The average molecular weight is 607 g/mol. The van der Waals surface area contributed by atoms with Crippen molar-refractivity contribution < 1.29 is 26.0 Å². The van der Waals surface area contributed by atoms with Gasteiger partial charge in [-0.15, -0.1) is 0 Å². The molecule has 0 bridgehead atoms. The van der Waals surface area contributed by atoms with Gasteiger partial charge in [-0.3, -0.25) is 0 Å². The molecule has 1 aromatic heterocycles. The van der Waals surface area contributed by atoms with Gasteiger partial charge in [-0.2, -0.15) is 13.2 Å². The number of halogens is 4. The van der Waals surface area contributed by atoms with E-state index in [1.807, 2.05) is 11.8 Å². The van der Waals surface area contributed by atoms with Crippen molar-refractivity contribution in [3.8, 4) is 22.4 Å². The molecule has 3 aromatic rings. The fourth-order valence-electron chi connectivity index (χ4n) is 4.35. The van der Waals surface area contributed by atoms with Crippen LogP contribution >= 0.6 is 12.2 Å². The molecule has 2 heterocycles. The largest absolute Gasteiger partial charge is 0.451 e. The molecule has 4 rings (SSSR count). The first-order valence-electron chi connectivity index (χ1n) is 12.3. The van der Waals surface area contributed by atoms with Crippen molar-refractivity contribution in [3.63, 3.8) is 0 Å². The second-order valence-corrected chi connectivity index (χ2v) is 10.9. The Balaban J connectivity index is 1.89. The van der Waals surface area contributed by atoms with Gasteiger partial charge in [-0.1, -0.05) is 24.8 Å². The van der Waals surface area contributed by atoms with Gasteiger partial charge in [-0.25, -0.2) is 27.9 Å². The molecule has 14 heteroatoms. The number of thiocarbonyl (C=S) groups is 1. The van der Waals surface area contributed by atoms with E-state index in [1.165, 1.54) is 36.4 Å². The highest BCUT2D eigenvalue weighted by molar-refractivity contribution is 7.89. The zero-order valence-electron chi connectivity index (χ0n) is 21.8. The molecule has 0 unspecified atom stereocenters. The Morgan fingerprint density at radius 3 is 2.29 bits per heavy atom. The minimum Gasteiger partial charge on any atom is -0.352 e. The van der Waals surface area contributed by atoms with Crippen LogP contribution in [0.1, 0.15) is 12.7 Å². The lowest BCUT2D eigenvalue weighted by Crippen LogP contribution is -2.51. The van der Waals surface area contributed by atoms with Gasteiger partial charge in [0.2, 0.25) is 15.8 Å². The molecule has 0 saturated carbocycles. The van der Waals surface area contributed by atoms with E-state index in [1.54, 1.807) is 28.3 Å². The number of hydrogen-bond acceptors (Lipinski definition) is 6. The summed E-state index contributed by atoms with van der Waals surface area (Å²) in [5.74, 6) is -2.03. The van der Waals surface area contributed by atoms with E-state index in [4.69, 9.17) is 17.4 Å². The minimum absolute atomic E-state index is 0.0576. The lowest BCUT2D eigenvalue weighted by molar-refractivity contribution is -0.144. The molecule has 2 N–H and O–H groups in total. The van der Waals surface area contributed by atoms with Crippen LogP contribution < -0.4 is 10.0 Å². The van der Waals surface area contributed by atoms with E-state index in [0.717, 1.165) is 12.1 Å². The third kappa shape index (κ3) is 6.72. The number of allylic oxidation sites excluding steroid dienone is 1. The van der Waals surface area contributed by atoms with Crippen LogP contribution in [0.3, 0.4) is 0 Å². The molecule has 0 spiro atoms. The van der Waals surface area contributed by atoms with Crippen LogP contribution in [0.15, 0.2) is 78.5 Å². The Morgan fingerprint density at radius 1 is 1.07 bits per heavy atom. The topological polar surface area (TPSA) is 95.7 Å². The SMILES string of the molecule is C=CN(/C=C\C)C(=S)N1CCN(c2nc(C(F)(F)F)nc(-c3ccc(F)cc3)c2-c2cccc(S(N)(=O)=O)c2)CC1. The molecule has 1 aliphatic heterocycles. The van der Waals surface area contributed by atoms with Crippen LogP contribution in [0, 0.1) is 5.82 Å². The summed E-state index contributed by atoms with van der Waals surface area (Å²) >= 11 is 5.57. The first kappa shape index (κ1) is 30.1. The fourth-order valence-corrected chi connectivity index (χ4v) is 5.23. The summed E-state index contributed by atoms with van der Waals surface area (Å²) in [5.41, 5.74) is 0.415. The van der Waals surface area contributed by atoms with Gasteiger partial charge in [-0.05, 0) is 61.1 Å². The molecule has 0 atom stereocenters. The third-order valence-corrected chi connectivity index (χ3v) is 7.67. The van der Waals surface area contributed by atoms with Crippen LogP contribution in [0.5, 0.6) is 0 Å². The second-order valence-electron chi connectivity index (χ2n) is 9.00. The van der Waals surface area contributed by atoms with Gasteiger partial charge in [0.1, 0.15) is 11.6 Å². The monoisotopic (exact) mass is 606 g/mol. The van der Waals surface area contributed by atoms with Crippen molar-refractivity contribution in [1.82, 2.24) is 19.8 Å². The van der Waals surface area contributed by atoms with Crippen molar-refractivity contribution >= 4 is 33.2 Å². The predicted octanol–water partition coefficient (Wildman–Crippen LogP) is 5.00. The Bertz CT molecular complexity index is 1590. The Morgan fingerprint density at radius 2 is 1.73 bits per heavy atom. The quantitative estimate of drug-likeness (QED) is 0.310. The van der Waals surface area contributed by atoms with Crippen LogP contribution in [-0.4, -0.2) is 59.5 Å². The predicted molar refractivity (Wildman–Crippen MR) is 152 cm³/mol. The first-order valence-corrected chi connectivity index (χ1v) is 14.2. The summed E-state index contributed by atoms with van der Waals surface area (Å²) in [5, 5.41) is 5.82. The molecular formula is C27H26F4N6O2S2. The highest BCUT2D eigenvalue weighted by Crippen LogP contribution is 2.41. The van der Waals surface area contributed by atoms with Crippen LogP contribution in [0.2, 0.25) is 0 Å². The highest BCUT2D eigenvalue weighted by atomic mass is 32.2. The molecular weight excluding hydrogens is 580 g/mol. The van der Waals surface area contributed by atoms with Crippen molar-refractivity contribution in [1.29, 1.82) is 0 Å². The molecule has 0 amide bonds. The number of alkyl halides is 3. The van der Waals surface area contributed by atoms with Crippen LogP contribution in [0.25, 0.3) is 22.4 Å².